The van der Waals surface area contributed by atoms with Crippen LogP contribution in [0.4, 0.5) is 0 Å². The van der Waals surface area contributed by atoms with Crippen molar-refractivity contribution in [3.63, 3.8) is 0 Å². The second kappa shape index (κ2) is 5.54. The molecular formula is C13H15N3O2S. The second-order valence-corrected chi connectivity index (χ2v) is 5.55. The van der Waals surface area contributed by atoms with E-state index in [1.807, 2.05) is 12.1 Å². The number of aromatic nitrogens is 1. The Hall–Kier alpha value is -1.66. The zero-order valence-electron chi connectivity index (χ0n) is 10.4. The molecule has 1 atom stereocenters. The Kier molecular flexibility index (Phi) is 3.61. The second-order valence-electron chi connectivity index (χ2n) is 4.52. The summed E-state index contributed by atoms with van der Waals surface area (Å²) in [5.74, 6) is 0.646. The Balaban J connectivity index is 1.67. The van der Waals surface area contributed by atoms with Gasteiger partial charge in [-0.15, -0.1) is 11.3 Å². The minimum Gasteiger partial charge on any atom is -0.462 e. The van der Waals surface area contributed by atoms with E-state index in [1.54, 1.807) is 12.5 Å². The van der Waals surface area contributed by atoms with Crippen LogP contribution in [0, 0.1) is 0 Å². The van der Waals surface area contributed by atoms with Crippen LogP contribution in [0.25, 0.3) is 10.8 Å². The summed E-state index contributed by atoms with van der Waals surface area (Å²) in [4.78, 5) is 16.9. The lowest BCUT2D eigenvalue weighted by molar-refractivity contribution is 0.0934. The first-order chi connectivity index (χ1) is 9.33. The molecule has 6 heteroatoms. The van der Waals surface area contributed by atoms with Crippen LogP contribution in [-0.4, -0.2) is 30.0 Å². The van der Waals surface area contributed by atoms with E-state index >= 15 is 0 Å². The van der Waals surface area contributed by atoms with Crippen molar-refractivity contribution in [3.8, 4) is 10.8 Å². The van der Waals surface area contributed by atoms with E-state index in [4.69, 9.17) is 4.42 Å². The zero-order chi connectivity index (χ0) is 13.1. The Morgan fingerprint density at radius 2 is 2.53 bits per heavy atom. The molecule has 1 unspecified atom stereocenters. The fourth-order valence-electron chi connectivity index (χ4n) is 2.12. The van der Waals surface area contributed by atoms with E-state index in [9.17, 15) is 4.79 Å². The van der Waals surface area contributed by atoms with Crippen LogP contribution in [0.5, 0.6) is 0 Å². The maximum absolute atomic E-state index is 12.1. The predicted molar refractivity (Wildman–Crippen MR) is 73.2 cm³/mol. The average Bonchev–Trinajstić information content (AvgIpc) is 3.11. The van der Waals surface area contributed by atoms with Gasteiger partial charge in [-0.1, -0.05) is 0 Å². The first kappa shape index (κ1) is 12.4. The van der Waals surface area contributed by atoms with Crippen molar-refractivity contribution in [3.05, 3.63) is 29.5 Å². The van der Waals surface area contributed by atoms with Gasteiger partial charge in [0, 0.05) is 12.6 Å². The van der Waals surface area contributed by atoms with Crippen molar-refractivity contribution >= 4 is 17.2 Å². The molecule has 0 aliphatic carbocycles. The molecule has 19 heavy (non-hydrogen) atoms. The number of amides is 1. The summed E-state index contributed by atoms with van der Waals surface area (Å²) in [6, 6.07) is 3.87. The molecule has 5 nitrogen and oxygen atoms in total. The first-order valence-electron chi connectivity index (χ1n) is 6.34. The van der Waals surface area contributed by atoms with Crippen LogP contribution in [0.3, 0.4) is 0 Å². The molecule has 1 saturated heterocycles. The number of piperidine rings is 1. The molecule has 100 valence electrons. The smallest absolute Gasteiger partial charge is 0.263 e. The molecule has 2 N–H and O–H groups in total. The van der Waals surface area contributed by atoms with Gasteiger partial charge >= 0.3 is 0 Å². The Bertz CT molecular complexity index is 544. The molecular weight excluding hydrogens is 262 g/mol. The van der Waals surface area contributed by atoms with E-state index in [0.29, 0.717) is 10.6 Å². The summed E-state index contributed by atoms with van der Waals surface area (Å²) in [5.41, 5.74) is 0. The molecule has 0 aromatic carbocycles. The molecule has 0 bridgehead atoms. The van der Waals surface area contributed by atoms with Gasteiger partial charge in [-0.05, 0) is 31.5 Å². The highest BCUT2D eigenvalue weighted by molar-refractivity contribution is 7.16. The van der Waals surface area contributed by atoms with Crippen molar-refractivity contribution in [1.82, 2.24) is 15.6 Å². The maximum atomic E-state index is 12.1. The topological polar surface area (TPSA) is 67.2 Å². The number of thiazole rings is 1. The molecule has 2 aromatic rings. The van der Waals surface area contributed by atoms with Crippen molar-refractivity contribution in [1.29, 1.82) is 0 Å². The zero-order valence-corrected chi connectivity index (χ0v) is 11.2. The van der Waals surface area contributed by atoms with Gasteiger partial charge in [0.25, 0.3) is 5.91 Å². The van der Waals surface area contributed by atoms with Crippen LogP contribution in [-0.2, 0) is 0 Å². The van der Waals surface area contributed by atoms with Gasteiger partial charge in [-0.2, -0.15) is 0 Å². The third-order valence-electron chi connectivity index (χ3n) is 3.09. The third-order valence-corrected chi connectivity index (χ3v) is 4.10. The lowest BCUT2D eigenvalue weighted by Crippen LogP contribution is -2.45. The van der Waals surface area contributed by atoms with E-state index in [2.05, 4.69) is 15.6 Å². The summed E-state index contributed by atoms with van der Waals surface area (Å²) in [6.07, 6.45) is 5.34. The standard InChI is InChI=1S/C13H15N3O2S/c17-12(16-9-3-1-5-14-7-9)11-8-15-13(19-11)10-4-2-6-18-10/h2,4,6,8-9,14H,1,3,5,7H2,(H,16,17). The van der Waals surface area contributed by atoms with Crippen molar-refractivity contribution in [2.45, 2.75) is 18.9 Å². The highest BCUT2D eigenvalue weighted by Crippen LogP contribution is 2.25. The minimum absolute atomic E-state index is 0.0518. The van der Waals surface area contributed by atoms with Crippen LogP contribution >= 0.6 is 11.3 Å². The summed E-state index contributed by atoms with van der Waals surface area (Å²) >= 11 is 1.35. The predicted octanol–water partition coefficient (Wildman–Crippen LogP) is 1.88. The fraction of sp³-hybridized carbons (Fsp3) is 0.385. The van der Waals surface area contributed by atoms with Crippen molar-refractivity contribution in [2.75, 3.05) is 13.1 Å². The lowest BCUT2D eigenvalue weighted by atomic mass is 10.1. The molecule has 0 radical (unpaired) electrons. The van der Waals surface area contributed by atoms with Gasteiger partial charge in [0.05, 0.1) is 12.5 Å². The van der Waals surface area contributed by atoms with E-state index in [0.717, 1.165) is 30.9 Å². The Morgan fingerprint density at radius 1 is 1.58 bits per heavy atom. The number of hydrogen-bond acceptors (Lipinski definition) is 5. The molecule has 0 saturated carbocycles. The molecule has 1 aliphatic rings. The van der Waals surface area contributed by atoms with Gasteiger partial charge in [-0.25, -0.2) is 4.98 Å². The van der Waals surface area contributed by atoms with E-state index < -0.39 is 0 Å². The third kappa shape index (κ3) is 2.85. The first-order valence-corrected chi connectivity index (χ1v) is 7.16. The molecule has 1 fully saturated rings. The lowest BCUT2D eigenvalue weighted by Gasteiger charge is -2.23. The molecule has 3 rings (SSSR count). The number of carbonyl (C=O) groups excluding carboxylic acids is 1. The van der Waals surface area contributed by atoms with Gasteiger partial charge in [0.2, 0.25) is 0 Å². The summed E-state index contributed by atoms with van der Waals surface area (Å²) in [6.45, 7) is 1.88. The fourth-order valence-corrected chi connectivity index (χ4v) is 2.91. The molecule has 2 aromatic heterocycles. The van der Waals surface area contributed by atoms with Crippen LogP contribution in [0.2, 0.25) is 0 Å². The van der Waals surface area contributed by atoms with Crippen LogP contribution < -0.4 is 10.6 Å². The number of carbonyl (C=O) groups is 1. The number of nitrogens with one attached hydrogen (secondary N) is 2. The number of rotatable bonds is 3. The van der Waals surface area contributed by atoms with E-state index in [1.165, 1.54) is 11.3 Å². The monoisotopic (exact) mass is 277 g/mol. The summed E-state index contributed by atoms with van der Waals surface area (Å²) in [5, 5.41) is 7.04. The van der Waals surface area contributed by atoms with Crippen molar-refractivity contribution < 1.29 is 9.21 Å². The van der Waals surface area contributed by atoms with Gasteiger partial charge < -0.3 is 15.1 Å². The highest BCUT2D eigenvalue weighted by atomic mass is 32.1. The number of furan rings is 1. The minimum atomic E-state index is -0.0518. The molecule has 0 spiro atoms. The quantitative estimate of drug-likeness (QED) is 0.899. The maximum Gasteiger partial charge on any atom is 0.263 e. The number of nitrogens with zero attached hydrogens (tertiary/aromatic N) is 1. The summed E-state index contributed by atoms with van der Waals surface area (Å²) in [7, 11) is 0. The molecule has 1 amide bonds. The summed E-state index contributed by atoms with van der Waals surface area (Å²) < 4.78 is 5.27. The van der Waals surface area contributed by atoms with Gasteiger partial charge in [0.1, 0.15) is 4.88 Å². The Morgan fingerprint density at radius 3 is 3.26 bits per heavy atom. The highest BCUT2D eigenvalue weighted by Gasteiger charge is 2.18. The number of hydrogen-bond donors (Lipinski definition) is 2. The largest absolute Gasteiger partial charge is 0.462 e. The Labute approximate surface area is 115 Å². The van der Waals surface area contributed by atoms with Gasteiger partial charge in [0.15, 0.2) is 10.8 Å². The molecule has 1 aliphatic heterocycles. The van der Waals surface area contributed by atoms with E-state index in [-0.39, 0.29) is 11.9 Å². The van der Waals surface area contributed by atoms with Gasteiger partial charge in [-0.3, -0.25) is 4.79 Å². The molecule has 3 heterocycles. The average molecular weight is 277 g/mol. The van der Waals surface area contributed by atoms with Crippen LogP contribution in [0.15, 0.2) is 29.0 Å². The van der Waals surface area contributed by atoms with Crippen molar-refractivity contribution in [2.24, 2.45) is 0 Å². The normalized spacial score (nSPS) is 19.3. The SMILES string of the molecule is O=C(NC1CCCNC1)c1cnc(-c2ccco2)s1. The van der Waals surface area contributed by atoms with Crippen LogP contribution in [0.1, 0.15) is 22.5 Å².